The highest BCUT2D eigenvalue weighted by molar-refractivity contribution is 6.30. The lowest BCUT2D eigenvalue weighted by Gasteiger charge is -2.08. The molecular formula is C14H14ClN3O2. The molecule has 3 N–H and O–H groups in total. The number of aromatic nitrogens is 1. The van der Waals surface area contributed by atoms with E-state index < -0.39 is 0 Å². The Morgan fingerprint density at radius 3 is 2.90 bits per heavy atom. The number of amides is 1. The van der Waals surface area contributed by atoms with Crippen molar-refractivity contribution in [1.29, 1.82) is 0 Å². The number of nitrogens with one attached hydrogen (secondary N) is 1. The van der Waals surface area contributed by atoms with Crippen molar-refractivity contribution in [2.75, 3.05) is 17.7 Å². The van der Waals surface area contributed by atoms with Gasteiger partial charge in [0.2, 0.25) is 5.91 Å². The monoisotopic (exact) mass is 291 g/mol. The van der Waals surface area contributed by atoms with Gasteiger partial charge in [0.15, 0.2) is 0 Å². The van der Waals surface area contributed by atoms with Gasteiger partial charge in [-0.25, -0.2) is 0 Å². The number of pyridine rings is 1. The molecule has 1 amide bonds. The highest BCUT2D eigenvalue weighted by Crippen LogP contribution is 2.17. The van der Waals surface area contributed by atoms with Gasteiger partial charge in [-0.15, -0.1) is 0 Å². The third-order valence-corrected chi connectivity index (χ3v) is 2.72. The summed E-state index contributed by atoms with van der Waals surface area (Å²) < 4.78 is 5.39. The van der Waals surface area contributed by atoms with Crippen molar-refractivity contribution in [3.8, 4) is 5.75 Å². The average Bonchev–Trinajstić information content (AvgIpc) is 2.41. The van der Waals surface area contributed by atoms with Crippen molar-refractivity contribution in [2.45, 2.75) is 6.42 Å². The summed E-state index contributed by atoms with van der Waals surface area (Å²) in [5, 5.41) is 3.21. The molecule has 0 unspecified atom stereocenters. The maximum atomic E-state index is 11.7. The summed E-state index contributed by atoms with van der Waals surface area (Å²) in [6.07, 6.45) is 3.26. The minimum atomic E-state index is -0.169. The van der Waals surface area contributed by atoms with E-state index >= 15 is 0 Å². The van der Waals surface area contributed by atoms with Crippen LogP contribution in [0.2, 0.25) is 5.02 Å². The zero-order valence-corrected chi connectivity index (χ0v) is 11.4. The molecule has 0 bridgehead atoms. The van der Waals surface area contributed by atoms with E-state index in [2.05, 4.69) is 10.3 Å². The first-order valence-corrected chi connectivity index (χ1v) is 6.40. The third kappa shape index (κ3) is 4.13. The lowest BCUT2D eigenvalue weighted by atomic mass is 10.2. The zero-order valence-electron chi connectivity index (χ0n) is 10.7. The molecule has 0 saturated heterocycles. The number of hydrogen-bond donors (Lipinski definition) is 2. The molecule has 6 heteroatoms. The normalized spacial score (nSPS) is 10.1. The molecule has 1 aromatic heterocycles. The Labute approximate surface area is 121 Å². The molecule has 0 atom stereocenters. The highest BCUT2D eigenvalue weighted by atomic mass is 35.5. The van der Waals surface area contributed by atoms with Gasteiger partial charge in [-0.3, -0.25) is 9.78 Å². The first-order valence-electron chi connectivity index (χ1n) is 6.03. The quantitative estimate of drug-likeness (QED) is 0.830. The number of rotatable bonds is 5. The van der Waals surface area contributed by atoms with Gasteiger partial charge in [0.1, 0.15) is 5.75 Å². The molecular weight excluding hydrogens is 278 g/mol. The minimum Gasteiger partial charge on any atom is -0.491 e. The van der Waals surface area contributed by atoms with E-state index in [0.29, 0.717) is 22.1 Å². The first kappa shape index (κ1) is 14.1. The number of nitrogens with two attached hydrogens (primary N) is 1. The summed E-state index contributed by atoms with van der Waals surface area (Å²) >= 11 is 5.78. The van der Waals surface area contributed by atoms with Crippen molar-refractivity contribution >= 4 is 28.9 Å². The number of hydrogen-bond acceptors (Lipinski definition) is 4. The maximum absolute atomic E-state index is 11.7. The second kappa shape index (κ2) is 6.77. The second-order valence-electron chi connectivity index (χ2n) is 4.07. The molecule has 0 spiro atoms. The van der Waals surface area contributed by atoms with Gasteiger partial charge < -0.3 is 15.8 Å². The lowest BCUT2D eigenvalue weighted by Crippen LogP contribution is -2.16. The lowest BCUT2D eigenvalue weighted by molar-refractivity contribution is -0.116. The van der Waals surface area contributed by atoms with Crippen molar-refractivity contribution in [1.82, 2.24) is 4.98 Å². The number of nitrogens with zero attached hydrogens (tertiary/aromatic N) is 1. The Bertz CT molecular complexity index is 604. The fraction of sp³-hybridized carbons (Fsp3) is 0.143. The molecule has 0 aliphatic carbocycles. The smallest absolute Gasteiger partial charge is 0.227 e. The standard InChI is InChI=1S/C14H14ClN3O2/c15-10-7-11(9-17-8-10)20-6-5-14(19)18-13-4-2-1-3-12(13)16/h1-4,7-9H,5-6,16H2,(H,18,19). The van der Waals surface area contributed by atoms with Gasteiger partial charge in [0, 0.05) is 12.3 Å². The van der Waals surface area contributed by atoms with Gasteiger partial charge in [0.25, 0.3) is 0 Å². The van der Waals surface area contributed by atoms with Crippen molar-refractivity contribution in [3.63, 3.8) is 0 Å². The van der Waals surface area contributed by atoms with Gasteiger partial charge in [-0.2, -0.15) is 0 Å². The molecule has 20 heavy (non-hydrogen) atoms. The summed E-state index contributed by atoms with van der Waals surface area (Å²) in [4.78, 5) is 15.6. The Morgan fingerprint density at radius 1 is 1.35 bits per heavy atom. The molecule has 104 valence electrons. The Hall–Kier alpha value is -2.27. The van der Waals surface area contributed by atoms with Gasteiger partial charge >= 0.3 is 0 Å². The number of carbonyl (C=O) groups is 1. The largest absolute Gasteiger partial charge is 0.491 e. The fourth-order valence-corrected chi connectivity index (χ4v) is 1.72. The average molecular weight is 292 g/mol. The third-order valence-electron chi connectivity index (χ3n) is 2.51. The molecule has 5 nitrogen and oxygen atoms in total. The zero-order chi connectivity index (χ0) is 14.4. The van der Waals surface area contributed by atoms with E-state index in [1.807, 2.05) is 0 Å². The molecule has 2 aromatic rings. The predicted molar refractivity (Wildman–Crippen MR) is 78.8 cm³/mol. The van der Waals surface area contributed by atoms with Crippen molar-refractivity contribution in [3.05, 3.63) is 47.7 Å². The summed E-state index contributed by atoms with van der Waals surface area (Å²) in [5.41, 5.74) is 6.86. The number of anilines is 2. The summed E-state index contributed by atoms with van der Waals surface area (Å²) in [6.45, 7) is 0.237. The van der Waals surface area contributed by atoms with Crippen LogP contribution in [-0.2, 0) is 4.79 Å². The Balaban J connectivity index is 1.80. The van der Waals surface area contributed by atoms with Gasteiger partial charge in [0.05, 0.1) is 35.6 Å². The van der Waals surface area contributed by atoms with Crippen LogP contribution in [0.15, 0.2) is 42.7 Å². The number of benzene rings is 1. The Morgan fingerprint density at radius 2 is 2.15 bits per heavy atom. The summed E-state index contributed by atoms with van der Waals surface area (Å²) in [6, 6.07) is 8.72. The molecule has 0 aliphatic heterocycles. The van der Waals surface area contributed by atoms with Crippen LogP contribution in [0.5, 0.6) is 5.75 Å². The van der Waals surface area contributed by atoms with Crippen molar-refractivity contribution < 1.29 is 9.53 Å². The number of ether oxygens (including phenoxy) is 1. The van der Waals surface area contributed by atoms with E-state index in [1.54, 1.807) is 36.5 Å². The Kier molecular flexibility index (Phi) is 4.79. The second-order valence-corrected chi connectivity index (χ2v) is 4.51. The van der Waals surface area contributed by atoms with Crippen LogP contribution >= 0.6 is 11.6 Å². The number of carbonyl (C=O) groups excluding carboxylic acids is 1. The van der Waals surface area contributed by atoms with E-state index in [9.17, 15) is 4.79 Å². The molecule has 0 fully saturated rings. The first-order chi connectivity index (χ1) is 9.65. The fourth-order valence-electron chi connectivity index (χ4n) is 1.56. The summed E-state index contributed by atoms with van der Waals surface area (Å²) in [7, 11) is 0. The minimum absolute atomic E-state index is 0.169. The topological polar surface area (TPSA) is 77.2 Å². The van der Waals surface area contributed by atoms with Crippen LogP contribution < -0.4 is 15.8 Å². The number of para-hydroxylation sites is 2. The van der Waals surface area contributed by atoms with Gasteiger partial charge in [-0.1, -0.05) is 23.7 Å². The molecule has 1 heterocycles. The van der Waals surface area contributed by atoms with Crippen LogP contribution in [0, 0.1) is 0 Å². The van der Waals surface area contributed by atoms with Gasteiger partial charge in [-0.05, 0) is 12.1 Å². The van der Waals surface area contributed by atoms with Crippen LogP contribution in [-0.4, -0.2) is 17.5 Å². The predicted octanol–water partition coefficient (Wildman–Crippen LogP) is 2.72. The van der Waals surface area contributed by atoms with Crippen LogP contribution in [0.1, 0.15) is 6.42 Å². The van der Waals surface area contributed by atoms with Crippen molar-refractivity contribution in [2.24, 2.45) is 0 Å². The SMILES string of the molecule is Nc1ccccc1NC(=O)CCOc1cncc(Cl)c1. The van der Waals surface area contributed by atoms with E-state index in [1.165, 1.54) is 6.20 Å². The van der Waals surface area contributed by atoms with Crippen LogP contribution in [0.25, 0.3) is 0 Å². The molecule has 0 saturated carbocycles. The van der Waals surface area contributed by atoms with Crippen LogP contribution in [0.4, 0.5) is 11.4 Å². The van der Waals surface area contributed by atoms with E-state index in [-0.39, 0.29) is 18.9 Å². The molecule has 0 radical (unpaired) electrons. The number of nitrogen functional groups attached to an aromatic ring is 1. The molecule has 2 rings (SSSR count). The van der Waals surface area contributed by atoms with E-state index in [0.717, 1.165) is 0 Å². The van der Waals surface area contributed by atoms with E-state index in [4.69, 9.17) is 22.1 Å². The van der Waals surface area contributed by atoms with Crippen LogP contribution in [0.3, 0.4) is 0 Å². The molecule has 0 aliphatic rings. The molecule has 1 aromatic carbocycles. The number of halogens is 1. The highest BCUT2D eigenvalue weighted by Gasteiger charge is 2.05. The summed E-state index contributed by atoms with van der Waals surface area (Å²) in [5.74, 6) is 0.363. The maximum Gasteiger partial charge on any atom is 0.227 e.